The molecular formula is C24H36N2O4. The number of carboxylic acids is 1. The molecule has 3 unspecified atom stereocenters. The summed E-state index contributed by atoms with van der Waals surface area (Å²) in [6, 6.07) is 8.05. The molecule has 0 aliphatic carbocycles. The van der Waals surface area contributed by atoms with Gasteiger partial charge in [-0.3, -0.25) is 14.5 Å². The minimum absolute atomic E-state index is 0.121. The van der Waals surface area contributed by atoms with Crippen molar-refractivity contribution in [3.63, 3.8) is 0 Å². The monoisotopic (exact) mass is 416 g/mol. The van der Waals surface area contributed by atoms with Gasteiger partial charge in [0.05, 0.1) is 13.0 Å². The second-order valence-electron chi connectivity index (χ2n) is 9.09. The standard InChI is InChI=1S/C24H36N2O4/c1-5-24(3)22(23(28)29)21(19-10-13-25(14-11-19)17(2)27)12-15-26(24)16-18-6-8-20(30-4)9-7-18/h6-9,19,21-22H,5,10-16H2,1-4H3,(H,28,29). The minimum atomic E-state index is -0.683. The summed E-state index contributed by atoms with van der Waals surface area (Å²) in [6.45, 7) is 9.00. The number of carbonyl (C=O) groups excluding carboxylic acids is 1. The van der Waals surface area contributed by atoms with Crippen LogP contribution in [0.25, 0.3) is 0 Å². The van der Waals surface area contributed by atoms with E-state index in [2.05, 4.69) is 30.9 Å². The third-order valence-corrected chi connectivity index (χ3v) is 7.66. The lowest BCUT2D eigenvalue weighted by Crippen LogP contribution is -2.61. The number of hydrogen-bond donors (Lipinski definition) is 1. The summed E-state index contributed by atoms with van der Waals surface area (Å²) in [4.78, 5) is 28.5. The van der Waals surface area contributed by atoms with Crippen molar-refractivity contribution in [3.05, 3.63) is 29.8 Å². The number of carbonyl (C=O) groups is 2. The first-order valence-electron chi connectivity index (χ1n) is 11.2. The van der Waals surface area contributed by atoms with Crippen LogP contribution in [-0.2, 0) is 16.1 Å². The van der Waals surface area contributed by atoms with Crippen molar-refractivity contribution in [1.29, 1.82) is 0 Å². The molecule has 0 bridgehead atoms. The van der Waals surface area contributed by atoms with Crippen molar-refractivity contribution in [2.24, 2.45) is 17.8 Å². The Kier molecular flexibility index (Phi) is 7.06. The smallest absolute Gasteiger partial charge is 0.308 e. The molecule has 2 heterocycles. The van der Waals surface area contributed by atoms with Gasteiger partial charge in [-0.2, -0.15) is 0 Å². The molecule has 2 fully saturated rings. The summed E-state index contributed by atoms with van der Waals surface area (Å²) in [5.74, 6) is 0.400. The molecule has 0 radical (unpaired) electrons. The maximum atomic E-state index is 12.5. The van der Waals surface area contributed by atoms with Gasteiger partial charge in [0.1, 0.15) is 5.75 Å². The Bertz CT molecular complexity index is 742. The molecule has 1 aromatic carbocycles. The number of piperidine rings is 2. The lowest BCUT2D eigenvalue weighted by atomic mass is 9.63. The van der Waals surface area contributed by atoms with Crippen LogP contribution in [0.3, 0.4) is 0 Å². The van der Waals surface area contributed by atoms with Crippen molar-refractivity contribution >= 4 is 11.9 Å². The topological polar surface area (TPSA) is 70.1 Å². The normalized spacial score (nSPS) is 28.3. The fourth-order valence-electron chi connectivity index (χ4n) is 5.64. The highest BCUT2D eigenvalue weighted by atomic mass is 16.5. The van der Waals surface area contributed by atoms with E-state index in [1.165, 1.54) is 5.56 Å². The minimum Gasteiger partial charge on any atom is -0.497 e. The van der Waals surface area contributed by atoms with Gasteiger partial charge in [-0.05, 0) is 68.7 Å². The number of carboxylic acid groups (broad SMARTS) is 1. The molecule has 6 nitrogen and oxygen atoms in total. The van der Waals surface area contributed by atoms with Crippen molar-refractivity contribution in [1.82, 2.24) is 9.80 Å². The van der Waals surface area contributed by atoms with Gasteiger partial charge < -0.3 is 14.7 Å². The van der Waals surface area contributed by atoms with Crippen LogP contribution < -0.4 is 4.74 Å². The van der Waals surface area contributed by atoms with E-state index in [1.807, 2.05) is 17.0 Å². The third kappa shape index (κ3) is 4.48. The van der Waals surface area contributed by atoms with Gasteiger partial charge >= 0.3 is 5.97 Å². The van der Waals surface area contributed by atoms with Crippen LogP contribution in [0, 0.1) is 17.8 Å². The van der Waals surface area contributed by atoms with Crippen LogP contribution in [0.4, 0.5) is 0 Å². The first-order valence-corrected chi connectivity index (χ1v) is 11.2. The van der Waals surface area contributed by atoms with Gasteiger partial charge in [-0.15, -0.1) is 0 Å². The highest BCUT2D eigenvalue weighted by molar-refractivity contribution is 5.73. The average Bonchev–Trinajstić information content (AvgIpc) is 2.75. The molecule has 2 saturated heterocycles. The lowest BCUT2D eigenvalue weighted by Gasteiger charge is -2.54. The molecular weight excluding hydrogens is 380 g/mol. The number of likely N-dealkylation sites (tertiary alicyclic amines) is 2. The van der Waals surface area contributed by atoms with Crippen molar-refractivity contribution in [2.75, 3.05) is 26.7 Å². The van der Waals surface area contributed by atoms with Gasteiger partial charge in [0.15, 0.2) is 0 Å². The zero-order chi connectivity index (χ0) is 21.9. The van der Waals surface area contributed by atoms with Crippen molar-refractivity contribution in [3.8, 4) is 5.75 Å². The molecule has 0 aromatic heterocycles. The fourth-order valence-corrected chi connectivity index (χ4v) is 5.64. The van der Waals surface area contributed by atoms with Crippen LogP contribution in [0.2, 0.25) is 0 Å². The first-order chi connectivity index (χ1) is 14.3. The molecule has 1 amide bonds. The number of benzene rings is 1. The largest absolute Gasteiger partial charge is 0.497 e. The third-order valence-electron chi connectivity index (χ3n) is 7.66. The van der Waals surface area contributed by atoms with E-state index >= 15 is 0 Å². The number of aliphatic carboxylic acids is 1. The van der Waals surface area contributed by atoms with Crippen molar-refractivity contribution in [2.45, 2.75) is 58.5 Å². The van der Waals surface area contributed by atoms with E-state index in [1.54, 1.807) is 14.0 Å². The van der Waals surface area contributed by atoms with E-state index in [0.717, 1.165) is 57.6 Å². The molecule has 6 heteroatoms. The lowest BCUT2D eigenvalue weighted by molar-refractivity contribution is -0.160. The van der Waals surface area contributed by atoms with E-state index in [4.69, 9.17) is 4.74 Å². The maximum absolute atomic E-state index is 12.5. The molecule has 2 aliphatic rings. The Balaban J connectivity index is 1.78. The zero-order valence-electron chi connectivity index (χ0n) is 18.8. The van der Waals surface area contributed by atoms with Gasteiger partial charge in [0, 0.05) is 32.1 Å². The molecule has 30 heavy (non-hydrogen) atoms. The van der Waals surface area contributed by atoms with E-state index in [-0.39, 0.29) is 11.8 Å². The molecule has 1 N–H and O–H groups in total. The second-order valence-corrected chi connectivity index (χ2v) is 9.09. The predicted molar refractivity (Wildman–Crippen MR) is 116 cm³/mol. The predicted octanol–water partition coefficient (Wildman–Crippen LogP) is 3.65. The molecule has 3 atom stereocenters. The molecule has 2 aliphatic heterocycles. The van der Waals surface area contributed by atoms with E-state index in [9.17, 15) is 14.7 Å². The highest BCUT2D eigenvalue weighted by Crippen LogP contribution is 2.46. The van der Waals surface area contributed by atoms with Gasteiger partial charge in [-0.1, -0.05) is 19.1 Å². The highest BCUT2D eigenvalue weighted by Gasteiger charge is 2.52. The SMILES string of the molecule is CCC1(C)C(C(=O)O)C(C2CCN(C(C)=O)CC2)CCN1Cc1ccc(OC)cc1. The summed E-state index contributed by atoms with van der Waals surface area (Å²) in [7, 11) is 1.66. The van der Waals surface area contributed by atoms with Crippen LogP contribution in [-0.4, -0.2) is 59.1 Å². The number of hydrogen-bond acceptors (Lipinski definition) is 4. The summed E-state index contributed by atoms with van der Waals surface area (Å²) in [5.41, 5.74) is 0.777. The number of methoxy groups -OCH3 is 1. The first kappa shape index (κ1) is 22.6. The van der Waals surface area contributed by atoms with Crippen LogP contribution in [0.15, 0.2) is 24.3 Å². The Morgan fingerprint density at radius 1 is 1.13 bits per heavy atom. The van der Waals surface area contributed by atoms with Crippen LogP contribution in [0.5, 0.6) is 5.75 Å². The number of rotatable bonds is 6. The molecule has 0 spiro atoms. The van der Waals surface area contributed by atoms with Crippen molar-refractivity contribution < 1.29 is 19.4 Å². The van der Waals surface area contributed by atoms with Crippen LogP contribution >= 0.6 is 0 Å². The summed E-state index contributed by atoms with van der Waals surface area (Å²) < 4.78 is 5.26. The van der Waals surface area contributed by atoms with Crippen LogP contribution in [0.1, 0.15) is 52.0 Å². The van der Waals surface area contributed by atoms with Gasteiger partial charge in [0.2, 0.25) is 5.91 Å². The Hall–Kier alpha value is -2.08. The second kappa shape index (κ2) is 9.38. The van der Waals surface area contributed by atoms with Gasteiger partial charge in [0.25, 0.3) is 0 Å². The molecule has 166 valence electrons. The fraction of sp³-hybridized carbons (Fsp3) is 0.667. The molecule has 0 saturated carbocycles. The van der Waals surface area contributed by atoms with Gasteiger partial charge in [-0.25, -0.2) is 0 Å². The van der Waals surface area contributed by atoms with E-state index < -0.39 is 17.4 Å². The number of nitrogens with zero attached hydrogens (tertiary/aromatic N) is 2. The Morgan fingerprint density at radius 2 is 1.77 bits per heavy atom. The quantitative estimate of drug-likeness (QED) is 0.767. The molecule has 1 aromatic rings. The van der Waals surface area contributed by atoms with E-state index in [0.29, 0.717) is 5.92 Å². The maximum Gasteiger partial charge on any atom is 0.308 e. The Morgan fingerprint density at radius 3 is 2.27 bits per heavy atom. The summed E-state index contributed by atoms with van der Waals surface area (Å²) in [6.07, 6.45) is 3.51. The number of ether oxygens (including phenoxy) is 1. The molecule has 3 rings (SSSR count). The Labute approximate surface area is 180 Å². The number of amides is 1. The summed E-state index contributed by atoms with van der Waals surface area (Å²) in [5, 5.41) is 10.3. The summed E-state index contributed by atoms with van der Waals surface area (Å²) >= 11 is 0. The zero-order valence-corrected chi connectivity index (χ0v) is 18.8. The average molecular weight is 417 g/mol.